The molecule has 3 heterocycles. The van der Waals surface area contributed by atoms with E-state index < -0.39 is 11.4 Å². The third-order valence-electron chi connectivity index (χ3n) is 6.50. The number of aromatic nitrogens is 4. The molecule has 1 aliphatic carbocycles. The number of hydrogen-bond donors (Lipinski definition) is 1. The number of nitrogens with one attached hydrogen (secondary N) is 1. The van der Waals surface area contributed by atoms with E-state index in [1.165, 1.54) is 0 Å². The third-order valence-corrected chi connectivity index (χ3v) is 6.50. The van der Waals surface area contributed by atoms with Crippen molar-refractivity contribution in [3.8, 4) is 11.4 Å². The summed E-state index contributed by atoms with van der Waals surface area (Å²) in [7, 11) is 0. The normalized spacial score (nSPS) is 24.2. The van der Waals surface area contributed by atoms with Crippen molar-refractivity contribution < 1.29 is 13.6 Å². The molecule has 32 heavy (non-hydrogen) atoms. The van der Waals surface area contributed by atoms with Crippen molar-refractivity contribution in [2.24, 2.45) is 5.92 Å². The minimum atomic E-state index is -0.555. The molecule has 1 N–H and O–H groups in total. The summed E-state index contributed by atoms with van der Waals surface area (Å²) in [6, 6.07) is 5.48. The van der Waals surface area contributed by atoms with Crippen molar-refractivity contribution in [1.29, 1.82) is 0 Å². The van der Waals surface area contributed by atoms with Crippen LogP contribution in [0.3, 0.4) is 0 Å². The maximum atomic E-state index is 13.4. The van der Waals surface area contributed by atoms with Crippen molar-refractivity contribution in [3.05, 3.63) is 53.8 Å². The second-order valence-electron chi connectivity index (χ2n) is 8.84. The van der Waals surface area contributed by atoms with Crippen LogP contribution < -0.4 is 5.32 Å². The van der Waals surface area contributed by atoms with Gasteiger partial charge in [0.05, 0.1) is 12.4 Å². The molecule has 2 bridgehead atoms. The molecule has 2 amide bonds. The molecule has 1 saturated heterocycles. The molecule has 3 aromatic rings. The molecule has 0 unspecified atom stereocenters. The van der Waals surface area contributed by atoms with Crippen LogP contribution in [0.2, 0.25) is 0 Å². The van der Waals surface area contributed by atoms with Crippen molar-refractivity contribution >= 4 is 11.7 Å². The Morgan fingerprint density at radius 3 is 2.78 bits per heavy atom. The molecule has 9 heteroatoms. The second kappa shape index (κ2) is 7.65. The number of likely N-dealkylation sites (tertiary alicyclic amines) is 1. The lowest BCUT2D eigenvalue weighted by Gasteiger charge is -2.61. The maximum Gasteiger partial charge on any atom is 0.323 e. The van der Waals surface area contributed by atoms with Crippen molar-refractivity contribution in [2.75, 3.05) is 5.32 Å². The smallest absolute Gasteiger partial charge is 0.323 e. The van der Waals surface area contributed by atoms with E-state index >= 15 is 0 Å². The zero-order chi connectivity index (χ0) is 22.5. The van der Waals surface area contributed by atoms with Gasteiger partial charge in [-0.15, -0.1) is 10.2 Å². The number of hydrogen-bond acceptors (Lipinski definition) is 6. The number of piperidine rings is 1. The monoisotopic (exact) mass is 436 g/mol. The van der Waals surface area contributed by atoms with Crippen LogP contribution in [0.4, 0.5) is 14.9 Å². The minimum Gasteiger partial charge on any atom is -0.423 e. The highest BCUT2D eigenvalue weighted by atomic mass is 19.1. The van der Waals surface area contributed by atoms with Crippen LogP contribution in [0.5, 0.6) is 0 Å². The molecule has 0 spiro atoms. The molecule has 166 valence electrons. The van der Waals surface area contributed by atoms with Gasteiger partial charge in [0.1, 0.15) is 5.54 Å². The molecule has 2 fully saturated rings. The number of nitrogens with zero attached hydrogens (tertiary/aromatic N) is 5. The van der Waals surface area contributed by atoms with Crippen LogP contribution in [-0.2, 0) is 12.0 Å². The number of halogens is 1. The fraction of sp³-hybridized carbons (Fsp3) is 0.435. The lowest BCUT2D eigenvalue weighted by Crippen LogP contribution is -2.70. The first-order valence-electron chi connectivity index (χ1n) is 10.9. The Balaban J connectivity index is 1.42. The third kappa shape index (κ3) is 3.32. The van der Waals surface area contributed by atoms with Gasteiger partial charge in [0, 0.05) is 30.1 Å². The van der Waals surface area contributed by atoms with Gasteiger partial charge in [-0.3, -0.25) is 0 Å². The summed E-state index contributed by atoms with van der Waals surface area (Å²) in [5.74, 6) is 1.49. The highest BCUT2D eigenvalue weighted by molar-refractivity contribution is 5.91. The number of fused-ring (bicyclic) bond motifs is 2. The van der Waals surface area contributed by atoms with Gasteiger partial charge >= 0.3 is 6.03 Å². The molecule has 5 rings (SSSR count). The number of amides is 2. The van der Waals surface area contributed by atoms with Gasteiger partial charge in [-0.1, -0.05) is 19.9 Å². The SMILES string of the molecule is CCc1nnc([C@]23C[C@H](C)C[C@H](C2)N3C(=O)Nc2ccc(C)c(-c3ncc(F)cn3)c2)o1. The highest BCUT2D eigenvalue weighted by Crippen LogP contribution is 2.55. The topological polar surface area (TPSA) is 97.0 Å². The number of urea groups is 1. The van der Waals surface area contributed by atoms with Crippen molar-refractivity contribution in [1.82, 2.24) is 25.1 Å². The van der Waals surface area contributed by atoms with Crippen LogP contribution in [-0.4, -0.2) is 37.1 Å². The van der Waals surface area contributed by atoms with Crippen LogP contribution in [0.25, 0.3) is 11.4 Å². The second-order valence-corrected chi connectivity index (χ2v) is 8.84. The van der Waals surface area contributed by atoms with E-state index in [0.29, 0.717) is 35.6 Å². The summed E-state index contributed by atoms with van der Waals surface area (Å²) in [6.45, 7) is 6.08. The van der Waals surface area contributed by atoms with E-state index in [2.05, 4.69) is 32.4 Å². The van der Waals surface area contributed by atoms with Gasteiger partial charge in [-0.05, 0) is 43.4 Å². The Bertz CT molecular complexity index is 1160. The number of aryl methyl sites for hydroxylation is 2. The number of benzene rings is 1. The first-order chi connectivity index (χ1) is 15.4. The molecule has 2 aromatic heterocycles. The summed E-state index contributed by atoms with van der Waals surface area (Å²) in [5.41, 5.74) is 1.73. The Morgan fingerprint density at radius 1 is 1.28 bits per heavy atom. The van der Waals surface area contributed by atoms with Crippen LogP contribution in [0.15, 0.2) is 35.0 Å². The van der Waals surface area contributed by atoms with E-state index in [1.807, 2.05) is 36.9 Å². The van der Waals surface area contributed by atoms with Crippen LogP contribution in [0, 0.1) is 18.7 Å². The van der Waals surface area contributed by atoms with Gasteiger partial charge < -0.3 is 14.6 Å². The number of anilines is 1. The van der Waals surface area contributed by atoms with E-state index in [-0.39, 0.29) is 12.1 Å². The van der Waals surface area contributed by atoms with Gasteiger partial charge in [0.25, 0.3) is 0 Å². The predicted molar refractivity (Wildman–Crippen MR) is 115 cm³/mol. The molecular weight excluding hydrogens is 411 g/mol. The van der Waals surface area contributed by atoms with Crippen molar-refractivity contribution in [2.45, 2.75) is 58.0 Å². The quantitative estimate of drug-likeness (QED) is 0.648. The summed E-state index contributed by atoms with van der Waals surface area (Å²) in [6.07, 6.45) is 5.50. The zero-order valence-corrected chi connectivity index (χ0v) is 18.3. The molecule has 1 aliphatic heterocycles. The van der Waals surface area contributed by atoms with Crippen LogP contribution >= 0.6 is 0 Å². The Labute approximate surface area is 185 Å². The van der Waals surface area contributed by atoms with E-state index in [4.69, 9.17) is 4.42 Å². The largest absolute Gasteiger partial charge is 0.423 e. The molecule has 8 nitrogen and oxygen atoms in total. The molecule has 0 radical (unpaired) electrons. The average molecular weight is 436 g/mol. The minimum absolute atomic E-state index is 0.140. The van der Waals surface area contributed by atoms with Gasteiger partial charge in [0.2, 0.25) is 11.8 Å². The van der Waals surface area contributed by atoms with Crippen molar-refractivity contribution in [3.63, 3.8) is 0 Å². The molecule has 1 saturated carbocycles. The maximum absolute atomic E-state index is 13.4. The zero-order valence-electron chi connectivity index (χ0n) is 18.3. The summed E-state index contributed by atoms with van der Waals surface area (Å²) in [4.78, 5) is 23.4. The van der Waals surface area contributed by atoms with Gasteiger partial charge in [-0.2, -0.15) is 0 Å². The predicted octanol–water partition coefficient (Wildman–Crippen LogP) is 4.47. The highest BCUT2D eigenvalue weighted by Gasteiger charge is 2.62. The number of rotatable bonds is 4. The number of carbonyl (C=O) groups is 1. The first-order valence-corrected chi connectivity index (χ1v) is 10.9. The fourth-order valence-corrected chi connectivity index (χ4v) is 5.11. The Morgan fingerprint density at radius 2 is 2.06 bits per heavy atom. The van der Waals surface area contributed by atoms with Gasteiger partial charge in [0.15, 0.2) is 11.6 Å². The average Bonchev–Trinajstić information content (AvgIpc) is 3.25. The Hall–Kier alpha value is -3.36. The summed E-state index contributed by atoms with van der Waals surface area (Å²) >= 11 is 0. The van der Waals surface area contributed by atoms with E-state index in [1.54, 1.807) is 0 Å². The Kier molecular flexibility index (Phi) is 4.91. The summed E-state index contributed by atoms with van der Waals surface area (Å²) in [5, 5.41) is 11.4. The molecule has 2 aliphatic rings. The van der Waals surface area contributed by atoms with Crippen LogP contribution in [0.1, 0.15) is 50.5 Å². The van der Waals surface area contributed by atoms with E-state index in [9.17, 15) is 9.18 Å². The molecule has 3 atom stereocenters. The molecule has 1 aromatic carbocycles. The first kappa shape index (κ1) is 20.5. The lowest BCUT2D eigenvalue weighted by molar-refractivity contribution is -0.110. The molecular formula is C23H25FN6O2. The summed E-state index contributed by atoms with van der Waals surface area (Å²) < 4.78 is 19.1. The number of carbonyl (C=O) groups excluding carboxylic acids is 1. The van der Waals surface area contributed by atoms with Gasteiger partial charge in [-0.25, -0.2) is 19.2 Å². The van der Waals surface area contributed by atoms with E-state index in [0.717, 1.165) is 42.8 Å². The standard InChI is InChI=1S/C23H25FN6O2/c1-4-19-28-29-21(32-19)23-9-13(2)7-17(10-23)30(23)22(31)27-16-6-5-14(3)18(8-16)20-25-11-15(24)12-26-20/h5-6,8,11-13,17H,4,7,9-10H2,1-3H3,(H,27,31)/t13-,17-,23+/m1/s1. The fourth-order valence-electron chi connectivity index (χ4n) is 5.11. The lowest BCUT2D eigenvalue weighted by atomic mass is 9.64.